The Morgan fingerprint density at radius 2 is 1.92 bits per heavy atom. The third-order valence-corrected chi connectivity index (χ3v) is 6.41. The van der Waals surface area contributed by atoms with Gasteiger partial charge in [0.05, 0.1) is 15.7 Å². The van der Waals surface area contributed by atoms with Crippen LogP contribution in [0.1, 0.15) is 35.9 Å². The van der Waals surface area contributed by atoms with Crippen molar-refractivity contribution in [2.24, 2.45) is 5.92 Å². The molecular weight excluding hydrogens is 375 g/mol. The number of halogens is 2. The van der Waals surface area contributed by atoms with Crippen LogP contribution in [-0.2, 0) is 5.75 Å². The summed E-state index contributed by atoms with van der Waals surface area (Å²) >= 11 is 13.8. The smallest absolute Gasteiger partial charge is 0.272 e. The first kappa shape index (κ1) is 18.6. The molecule has 0 unspecified atom stereocenters. The van der Waals surface area contributed by atoms with E-state index in [1.54, 1.807) is 23.9 Å². The van der Waals surface area contributed by atoms with Gasteiger partial charge in [0.1, 0.15) is 5.69 Å². The molecule has 1 fully saturated rings. The van der Waals surface area contributed by atoms with Gasteiger partial charge in [-0.3, -0.25) is 4.79 Å². The second-order valence-corrected chi connectivity index (χ2v) is 8.13. The molecule has 0 saturated carbocycles. The molecule has 1 aromatic carbocycles. The standard InChI is InChI=1S/C19H20Cl2N2OS/c1-13-8-10-23(11-9-13)19(24)16-6-2-4-14(22-16)12-25-17-7-3-5-15(20)18(17)21/h2-7,13H,8-12H2,1H3. The zero-order chi connectivity index (χ0) is 17.8. The second-order valence-electron chi connectivity index (χ2n) is 6.33. The Hall–Kier alpha value is -1.23. The van der Waals surface area contributed by atoms with Crippen molar-refractivity contribution >= 4 is 40.9 Å². The molecule has 1 aliphatic heterocycles. The molecule has 3 nitrogen and oxygen atoms in total. The van der Waals surface area contributed by atoms with Gasteiger partial charge in [0.25, 0.3) is 5.91 Å². The minimum absolute atomic E-state index is 0.0273. The first-order chi connectivity index (χ1) is 12.0. The Morgan fingerprint density at radius 3 is 2.68 bits per heavy atom. The van der Waals surface area contributed by atoms with Gasteiger partial charge in [-0.05, 0) is 43.0 Å². The predicted molar refractivity (Wildman–Crippen MR) is 105 cm³/mol. The summed E-state index contributed by atoms with van der Waals surface area (Å²) in [5, 5.41) is 1.10. The summed E-state index contributed by atoms with van der Waals surface area (Å²) in [5.74, 6) is 1.36. The number of pyridine rings is 1. The molecule has 0 aliphatic carbocycles. The zero-order valence-electron chi connectivity index (χ0n) is 14.0. The van der Waals surface area contributed by atoms with E-state index in [2.05, 4.69) is 11.9 Å². The van der Waals surface area contributed by atoms with Gasteiger partial charge < -0.3 is 4.90 Å². The lowest BCUT2D eigenvalue weighted by molar-refractivity contribution is 0.0691. The minimum Gasteiger partial charge on any atom is -0.337 e. The van der Waals surface area contributed by atoms with Crippen molar-refractivity contribution in [3.8, 4) is 0 Å². The summed E-state index contributed by atoms with van der Waals surface area (Å²) < 4.78 is 0. The average Bonchev–Trinajstić information content (AvgIpc) is 2.63. The number of amides is 1. The SMILES string of the molecule is CC1CCN(C(=O)c2cccc(CSc3cccc(Cl)c3Cl)n2)CC1. The fourth-order valence-electron chi connectivity index (χ4n) is 2.80. The monoisotopic (exact) mass is 394 g/mol. The Bertz CT molecular complexity index is 761. The van der Waals surface area contributed by atoms with Gasteiger partial charge in [-0.1, -0.05) is 42.3 Å². The van der Waals surface area contributed by atoms with Crippen molar-refractivity contribution in [1.82, 2.24) is 9.88 Å². The molecule has 0 atom stereocenters. The van der Waals surface area contributed by atoms with Gasteiger partial charge in [-0.2, -0.15) is 0 Å². The molecule has 6 heteroatoms. The molecule has 1 saturated heterocycles. The number of rotatable bonds is 4. The van der Waals surface area contributed by atoms with Gasteiger partial charge in [0.2, 0.25) is 0 Å². The number of piperidine rings is 1. The Morgan fingerprint density at radius 1 is 1.20 bits per heavy atom. The van der Waals surface area contributed by atoms with Gasteiger partial charge in [-0.15, -0.1) is 11.8 Å². The van der Waals surface area contributed by atoms with Crippen LogP contribution < -0.4 is 0 Å². The zero-order valence-corrected chi connectivity index (χ0v) is 16.4. The number of hydrogen-bond acceptors (Lipinski definition) is 3. The van der Waals surface area contributed by atoms with Gasteiger partial charge in [0, 0.05) is 23.7 Å². The number of aromatic nitrogens is 1. The summed E-state index contributed by atoms with van der Waals surface area (Å²) in [6, 6.07) is 11.2. The van der Waals surface area contributed by atoms with Crippen LogP contribution in [0.2, 0.25) is 10.0 Å². The maximum Gasteiger partial charge on any atom is 0.272 e. The Labute approximate surface area is 162 Å². The summed E-state index contributed by atoms with van der Waals surface area (Å²) in [6.45, 7) is 3.87. The fraction of sp³-hybridized carbons (Fsp3) is 0.368. The molecule has 0 spiro atoms. The van der Waals surface area contributed by atoms with E-state index in [0.29, 0.717) is 27.4 Å². The van der Waals surface area contributed by atoms with Crippen LogP contribution in [0.5, 0.6) is 0 Å². The maximum absolute atomic E-state index is 12.6. The third kappa shape index (κ3) is 4.69. The highest BCUT2D eigenvalue weighted by atomic mass is 35.5. The molecule has 3 rings (SSSR count). The highest BCUT2D eigenvalue weighted by molar-refractivity contribution is 7.98. The molecule has 132 valence electrons. The summed E-state index contributed by atoms with van der Waals surface area (Å²) in [4.78, 5) is 20.0. The van der Waals surface area contributed by atoms with Crippen LogP contribution >= 0.6 is 35.0 Å². The maximum atomic E-state index is 12.6. The lowest BCUT2D eigenvalue weighted by Crippen LogP contribution is -2.38. The molecule has 0 N–H and O–H groups in total. The second kappa shape index (κ2) is 8.43. The molecule has 0 radical (unpaired) electrons. The minimum atomic E-state index is 0.0273. The average molecular weight is 395 g/mol. The number of nitrogens with zero attached hydrogens (tertiary/aromatic N) is 2. The topological polar surface area (TPSA) is 33.2 Å². The first-order valence-electron chi connectivity index (χ1n) is 8.36. The molecule has 1 amide bonds. The molecular formula is C19H20Cl2N2OS. The number of benzene rings is 1. The van der Waals surface area contributed by atoms with Crippen LogP contribution in [0, 0.1) is 5.92 Å². The molecule has 25 heavy (non-hydrogen) atoms. The molecule has 2 aromatic rings. The normalized spacial score (nSPS) is 15.4. The van der Waals surface area contributed by atoms with E-state index in [4.69, 9.17) is 23.2 Å². The fourth-order valence-corrected chi connectivity index (χ4v) is 4.20. The number of hydrogen-bond donors (Lipinski definition) is 0. The van der Waals surface area contributed by atoms with E-state index in [-0.39, 0.29) is 5.91 Å². The van der Waals surface area contributed by atoms with Crippen molar-refractivity contribution < 1.29 is 4.79 Å². The third-order valence-electron chi connectivity index (χ3n) is 4.39. The van der Waals surface area contributed by atoms with Crippen molar-refractivity contribution in [3.63, 3.8) is 0 Å². The van der Waals surface area contributed by atoms with Crippen molar-refractivity contribution in [3.05, 3.63) is 57.8 Å². The van der Waals surface area contributed by atoms with Crippen LogP contribution in [-0.4, -0.2) is 28.9 Å². The molecule has 2 heterocycles. The molecule has 1 aromatic heterocycles. The highest BCUT2D eigenvalue weighted by Crippen LogP contribution is 2.34. The van der Waals surface area contributed by atoms with E-state index in [1.165, 1.54) is 0 Å². The van der Waals surface area contributed by atoms with E-state index >= 15 is 0 Å². The van der Waals surface area contributed by atoms with Crippen LogP contribution in [0.3, 0.4) is 0 Å². The van der Waals surface area contributed by atoms with E-state index in [0.717, 1.165) is 36.5 Å². The summed E-state index contributed by atoms with van der Waals surface area (Å²) in [6.07, 6.45) is 2.13. The van der Waals surface area contributed by atoms with Crippen molar-refractivity contribution in [1.29, 1.82) is 0 Å². The van der Waals surface area contributed by atoms with Crippen LogP contribution in [0.4, 0.5) is 0 Å². The first-order valence-corrected chi connectivity index (χ1v) is 10.1. The largest absolute Gasteiger partial charge is 0.337 e. The number of carbonyl (C=O) groups is 1. The number of likely N-dealkylation sites (tertiary alicyclic amines) is 1. The lowest BCUT2D eigenvalue weighted by atomic mass is 9.99. The van der Waals surface area contributed by atoms with Crippen LogP contribution in [0.15, 0.2) is 41.3 Å². The van der Waals surface area contributed by atoms with Crippen molar-refractivity contribution in [2.45, 2.75) is 30.4 Å². The Kier molecular flexibility index (Phi) is 6.26. The van der Waals surface area contributed by atoms with E-state index in [9.17, 15) is 4.79 Å². The van der Waals surface area contributed by atoms with Gasteiger partial charge in [-0.25, -0.2) is 4.98 Å². The number of thioether (sulfide) groups is 1. The highest BCUT2D eigenvalue weighted by Gasteiger charge is 2.22. The van der Waals surface area contributed by atoms with E-state index in [1.807, 2.05) is 29.2 Å². The summed E-state index contributed by atoms with van der Waals surface area (Å²) in [5.41, 5.74) is 1.38. The summed E-state index contributed by atoms with van der Waals surface area (Å²) in [7, 11) is 0. The number of carbonyl (C=O) groups excluding carboxylic acids is 1. The predicted octanol–water partition coefficient (Wildman–Crippen LogP) is 5.55. The van der Waals surface area contributed by atoms with Gasteiger partial charge in [0.15, 0.2) is 0 Å². The lowest BCUT2D eigenvalue weighted by Gasteiger charge is -2.30. The van der Waals surface area contributed by atoms with Crippen LogP contribution in [0.25, 0.3) is 0 Å². The van der Waals surface area contributed by atoms with E-state index < -0.39 is 0 Å². The molecule has 0 bridgehead atoms. The van der Waals surface area contributed by atoms with Gasteiger partial charge >= 0.3 is 0 Å². The van der Waals surface area contributed by atoms with Crippen molar-refractivity contribution in [2.75, 3.05) is 13.1 Å². The molecule has 1 aliphatic rings. The Balaban J connectivity index is 1.67. The quantitative estimate of drug-likeness (QED) is 0.636.